The molecule has 0 spiro atoms. The summed E-state index contributed by atoms with van der Waals surface area (Å²) in [6.45, 7) is 6.68. The van der Waals surface area contributed by atoms with E-state index >= 15 is 0 Å². The molecule has 2 aromatic carbocycles. The minimum Gasteiger partial charge on any atom is -0.366 e. The first-order valence-corrected chi connectivity index (χ1v) is 16.4. The Bertz CT molecular complexity index is 1660. The SMILES string of the molecule is CC1=NC(C2(C)CCC/C(=C3/N=CCCC4=C3C=C(c3ccc(C(N)=O)cc3)CC4)CC2)=CC(C)C1c1ccc(C(F)F)cc1. The minimum atomic E-state index is -2.45. The summed E-state index contributed by atoms with van der Waals surface area (Å²) >= 11 is 0. The van der Waals surface area contributed by atoms with Crippen molar-refractivity contribution in [3.05, 3.63) is 111 Å². The van der Waals surface area contributed by atoms with Crippen LogP contribution in [0, 0.1) is 11.3 Å². The zero-order valence-electron chi connectivity index (χ0n) is 26.6. The van der Waals surface area contributed by atoms with E-state index in [2.05, 4.69) is 39.1 Å². The lowest BCUT2D eigenvalue weighted by molar-refractivity contribution is 0.1000. The van der Waals surface area contributed by atoms with Crippen LogP contribution < -0.4 is 5.73 Å². The number of hydrogen-bond acceptors (Lipinski definition) is 3. The number of rotatable bonds is 5. The lowest BCUT2D eigenvalue weighted by Crippen LogP contribution is -2.26. The van der Waals surface area contributed by atoms with E-state index in [0.29, 0.717) is 5.56 Å². The average Bonchev–Trinajstić information content (AvgIpc) is 3.37. The smallest absolute Gasteiger partial charge is 0.263 e. The van der Waals surface area contributed by atoms with E-state index in [1.165, 1.54) is 28.0 Å². The van der Waals surface area contributed by atoms with Gasteiger partial charge in [0.05, 0.1) is 5.70 Å². The number of nitrogens with zero attached hydrogens (tertiary/aromatic N) is 2. The van der Waals surface area contributed by atoms with Gasteiger partial charge in [-0.3, -0.25) is 14.8 Å². The number of amides is 1. The second kappa shape index (κ2) is 12.8. The molecule has 2 aromatic rings. The normalized spacial score (nSPS) is 27.3. The molecule has 6 rings (SSSR count). The molecule has 2 aliphatic carbocycles. The van der Waals surface area contributed by atoms with Gasteiger partial charge in [-0.05, 0) is 117 Å². The Labute approximate surface area is 265 Å². The zero-order valence-corrected chi connectivity index (χ0v) is 26.6. The molecule has 2 heterocycles. The highest BCUT2D eigenvalue weighted by molar-refractivity contribution is 5.93. The van der Waals surface area contributed by atoms with Gasteiger partial charge in [-0.25, -0.2) is 8.78 Å². The number of carbonyl (C=O) groups is 1. The maximum Gasteiger partial charge on any atom is 0.263 e. The van der Waals surface area contributed by atoms with Crippen molar-refractivity contribution in [2.45, 2.75) is 90.9 Å². The van der Waals surface area contributed by atoms with Gasteiger partial charge in [0.2, 0.25) is 5.91 Å². The van der Waals surface area contributed by atoms with E-state index in [1.807, 2.05) is 36.4 Å². The number of alkyl halides is 2. The number of nitrogens with two attached hydrogens (primary N) is 1. The third kappa shape index (κ3) is 6.43. The largest absolute Gasteiger partial charge is 0.366 e. The van der Waals surface area contributed by atoms with E-state index in [1.54, 1.807) is 12.1 Å². The lowest BCUT2D eigenvalue weighted by Gasteiger charge is -2.35. The van der Waals surface area contributed by atoms with E-state index < -0.39 is 12.3 Å². The highest BCUT2D eigenvalue weighted by Crippen LogP contribution is 2.48. The summed E-state index contributed by atoms with van der Waals surface area (Å²) in [5.74, 6) is -0.0806. The van der Waals surface area contributed by atoms with Crippen LogP contribution in [0.2, 0.25) is 0 Å². The molecule has 4 nitrogen and oxygen atoms in total. The molecule has 0 saturated heterocycles. The molecular formula is C39H43F2N3O. The Morgan fingerprint density at radius 3 is 2.40 bits per heavy atom. The zero-order chi connectivity index (χ0) is 31.7. The van der Waals surface area contributed by atoms with Gasteiger partial charge in [0.1, 0.15) is 0 Å². The Morgan fingerprint density at radius 1 is 0.956 bits per heavy atom. The summed E-state index contributed by atoms with van der Waals surface area (Å²) in [5.41, 5.74) is 17.1. The van der Waals surface area contributed by atoms with Crippen molar-refractivity contribution in [1.82, 2.24) is 0 Å². The van der Waals surface area contributed by atoms with Crippen molar-refractivity contribution < 1.29 is 13.6 Å². The summed E-state index contributed by atoms with van der Waals surface area (Å²) in [4.78, 5) is 21.9. The third-order valence-electron chi connectivity index (χ3n) is 10.4. The van der Waals surface area contributed by atoms with Gasteiger partial charge in [0.15, 0.2) is 0 Å². The average molecular weight is 608 g/mol. The number of halogens is 2. The van der Waals surface area contributed by atoms with Gasteiger partial charge < -0.3 is 5.73 Å². The van der Waals surface area contributed by atoms with Crippen molar-refractivity contribution in [3.8, 4) is 0 Å². The first-order valence-electron chi connectivity index (χ1n) is 16.4. The molecule has 2 aliphatic heterocycles. The second-order valence-corrected chi connectivity index (χ2v) is 13.5. The fraction of sp³-hybridized carbons (Fsp3) is 0.410. The first-order chi connectivity index (χ1) is 21.6. The number of benzene rings is 2. The molecule has 1 amide bonds. The van der Waals surface area contributed by atoms with Crippen LogP contribution in [-0.4, -0.2) is 17.8 Å². The topological polar surface area (TPSA) is 67.8 Å². The van der Waals surface area contributed by atoms with Crippen LogP contribution in [0.3, 0.4) is 0 Å². The van der Waals surface area contributed by atoms with Crippen molar-refractivity contribution in [1.29, 1.82) is 0 Å². The predicted molar refractivity (Wildman–Crippen MR) is 180 cm³/mol. The maximum atomic E-state index is 13.1. The molecule has 4 aliphatic rings. The number of carbonyl (C=O) groups excluding carboxylic acids is 1. The third-order valence-corrected chi connectivity index (χ3v) is 10.4. The van der Waals surface area contributed by atoms with Crippen LogP contribution in [0.1, 0.15) is 118 Å². The minimum absolute atomic E-state index is 0.0380. The van der Waals surface area contributed by atoms with E-state index in [4.69, 9.17) is 15.7 Å². The standard InChI is InChI=1S/C39H43F2N3O/c1-24-22-34(44-25(2)35(24)28-11-13-30(14-12-28)37(40)41)39(3)19-4-6-29(18-20-39)36-33-23-32(17-10-27(33)7-5-21-43-36)26-8-15-31(16-9-26)38(42)45/h8-9,11-16,21-24,35,37H,4-7,10,17-20H2,1-3H3,(H2,42,45)/b36-29-. The molecule has 1 saturated carbocycles. The van der Waals surface area contributed by atoms with Crippen LogP contribution in [-0.2, 0) is 0 Å². The summed E-state index contributed by atoms with van der Waals surface area (Å²) < 4.78 is 26.3. The quantitative estimate of drug-likeness (QED) is 0.338. The number of primary amides is 1. The van der Waals surface area contributed by atoms with E-state index in [9.17, 15) is 13.6 Å². The second-order valence-electron chi connectivity index (χ2n) is 13.5. The number of hydrogen-bond donors (Lipinski definition) is 1. The molecule has 0 radical (unpaired) electrons. The highest BCUT2D eigenvalue weighted by Gasteiger charge is 2.36. The number of aliphatic imine (C=N–C) groups is 2. The Hall–Kier alpha value is -3.93. The Balaban J connectivity index is 1.25. The Morgan fingerprint density at radius 2 is 1.71 bits per heavy atom. The van der Waals surface area contributed by atoms with Crippen LogP contribution in [0.25, 0.3) is 5.57 Å². The van der Waals surface area contributed by atoms with Crippen LogP contribution in [0.15, 0.2) is 98.8 Å². The summed E-state index contributed by atoms with van der Waals surface area (Å²) in [5, 5.41) is 0. The van der Waals surface area contributed by atoms with E-state index in [0.717, 1.165) is 80.3 Å². The molecule has 6 heteroatoms. The molecule has 0 aromatic heterocycles. The van der Waals surface area contributed by atoms with Gasteiger partial charge >= 0.3 is 0 Å². The van der Waals surface area contributed by atoms with Crippen molar-refractivity contribution in [2.24, 2.45) is 27.1 Å². The predicted octanol–water partition coefficient (Wildman–Crippen LogP) is 10.1. The van der Waals surface area contributed by atoms with Crippen LogP contribution in [0.4, 0.5) is 8.78 Å². The molecule has 234 valence electrons. The van der Waals surface area contributed by atoms with Crippen molar-refractivity contribution >= 4 is 23.4 Å². The van der Waals surface area contributed by atoms with Crippen molar-refractivity contribution in [2.75, 3.05) is 0 Å². The molecule has 1 fully saturated rings. The highest BCUT2D eigenvalue weighted by atomic mass is 19.3. The lowest BCUT2D eigenvalue weighted by atomic mass is 9.74. The van der Waals surface area contributed by atoms with Crippen LogP contribution in [0.5, 0.6) is 0 Å². The van der Waals surface area contributed by atoms with Gasteiger partial charge in [-0.15, -0.1) is 0 Å². The van der Waals surface area contributed by atoms with Crippen LogP contribution >= 0.6 is 0 Å². The molecular weight excluding hydrogens is 564 g/mol. The Kier molecular flexibility index (Phi) is 8.85. The van der Waals surface area contributed by atoms with Gasteiger partial charge in [-0.1, -0.05) is 61.9 Å². The fourth-order valence-corrected chi connectivity index (χ4v) is 7.70. The molecule has 2 N–H and O–H groups in total. The summed E-state index contributed by atoms with van der Waals surface area (Å²) in [7, 11) is 0. The molecule has 3 unspecified atom stereocenters. The monoisotopic (exact) mass is 607 g/mol. The summed E-state index contributed by atoms with van der Waals surface area (Å²) in [6.07, 6.45) is 13.5. The van der Waals surface area contributed by atoms with Gasteiger partial charge in [0, 0.05) is 40.1 Å². The van der Waals surface area contributed by atoms with Gasteiger partial charge in [0.25, 0.3) is 6.43 Å². The molecule has 3 atom stereocenters. The summed E-state index contributed by atoms with van der Waals surface area (Å²) in [6, 6.07) is 14.4. The maximum absolute atomic E-state index is 13.1. The number of allylic oxidation sites excluding steroid dienone is 6. The molecule has 45 heavy (non-hydrogen) atoms. The molecule has 0 bridgehead atoms. The van der Waals surface area contributed by atoms with Crippen molar-refractivity contribution in [3.63, 3.8) is 0 Å². The first kappa shape index (κ1) is 31.1. The van der Waals surface area contributed by atoms with E-state index in [-0.39, 0.29) is 22.8 Å². The fourth-order valence-electron chi connectivity index (χ4n) is 7.70. The van der Waals surface area contributed by atoms with Gasteiger partial charge in [-0.2, -0.15) is 0 Å².